The summed E-state index contributed by atoms with van der Waals surface area (Å²) in [5.41, 5.74) is 3.21. The van der Waals surface area contributed by atoms with Gasteiger partial charge in [0, 0.05) is 48.3 Å². The zero-order chi connectivity index (χ0) is 30.6. The van der Waals surface area contributed by atoms with Crippen molar-refractivity contribution in [3.8, 4) is 11.3 Å². The van der Waals surface area contributed by atoms with Crippen LogP contribution in [0.15, 0.2) is 41.1 Å². The topological polar surface area (TPSA) is 124 Å². The minimum Gasteiger partial charge on any atom is -0.381 e. The number of hydrogen-bond donors (Lipinski definition) is 1. The molecule has 2 saturated heterocycles. The van der Waals surface area contributed by atoms with Crippen molar-refractivity contribution in [1.29, 1.82) is 0 Å². The maximum Gasteiger partial charge on any atom is 0.283 e. The molecule has 44 heavy (non-hydrogen) atoms. The van der Waals surface area contributed by atoms with Crippen LogP contribution in [0, 0.1) is 5.92 Å². The predicted molar refractivity (Wildman–Crippen MR) is 165 cm³/mol. The third-order valence-electron chi connectivity index (χ3n) is 9.51. The van der Waals surface area contributed by atoms with Gasteiger partial charge >= 0.3 is 0 Å². The number of hydrogen-bond acceptors (Lipinski definition) is 9. The molecule has 0 radical (unpaired) electrons. The van der Waals surface area contributed by atoms with E-state index in [0.29, 0.717) is 65.8 Å². The van der Waals surface area contributed by atoms with Crippen molar-refractivity contribution in [1.82, 2.24) is 14.9 Å². The van der Waals surface area contributed by atoms with Crippen LogP contribution >= 0.6 is 23.2 Å². The summed E-state index contributed by atoms with van der Waals surface area (Å²) < 4.78 is 45.2. The Bertz CT molecular complexity index is 1630. The first-order valence-electron chi connectivity index (χ1n) is 15.1. The molecule has 3 aromatic rings. The Morgan fingerprint density at radius 2 is 1.84 bits per heavy atom. The van der Waals surface area contributed by atoms with Gasteiger partial charge in [0.05, 0.1) is 39.9 Å². The molecule has 2 aromatic heterocycles. The molecule has 2 saturated carbocycles. The molecular formula is C31H34Cl2N4O6S. The van der Waals surface area contributed by atoms with Crippen LogP contribution < -0.4 is 9.62 Å². The molecular weight excluding hydrogens is 627 g/mol. The summed E-state index contributed by atoms with van der Waals surface area (Å²) in [6, 6.07) is 9.29. The van der Waals surface area contributed by atoms with Gasteiger partial charge in [0.25, 0.3) is 5.91 Å². The van der Waals surface area contributed by atoms with Crippen molar-refractivity contribution < 1.29 is 27.2 Å². The number of benzene rings is 1. The fourth-order valence-corrected chi connectivity index (χ4v) is 9.00. The zero-order valence-electron chi connectivity index (χ0n) is 24.2. The van der Waals surface area contributed by atoms with Crippen LogP contribution in [0.2, 0.25) is 10.0 Å². The summed E-state index contributed by atoms with van der Waals surface area (Å²) in [4.78, 5) is 19.4. The van der Waals surface area contributed by atoms with Gasteiger partial charge in [-0.25, -0.2) is 18.1 Å². The molecule has 4 aliphatic rings. The number of halogens is 2. The average Bonchev–Trinajstić information content (AvgIpc) is 3.52. The maximum atomic E-state index is 12.7. The van der Waals surface area contributed by atoms with Crippen molar-refractivity contribution in [3.05, 3.63) is 63.6 Å². The molecule has 4 heterocycles. The highest BCUT2D eigenvalue weighted by Crippen LogP contribution is 2.49. The third-order valence-corrected chi connectivity index (χ3v) is 12.0. The standard InChI is InChI=1S/C31H34Cl2N4O6S/c1-17-22-13-20(37(17)19-7-8-26(34-15-19)31(38)36-44(39,40)21-9-11-41-12-10-21)14-27(22)42-16-23-29(35-43-30(23)18-5-6-18)28-24(32)3-2-4-25(28)33/h2-4,7-8,15,17-18,20-22,27H,5-6,9-14,16H2,1H3,(H,36,38)/t17-,20+,22+,27-/m0/s1. The molecule has 234 valence electrons. The van der Waals surface area contributed by atoms with Gasteiger partial charge in [-0.15, -0.1) is 0 Å². The van der Waals surface area contributed by atoms with E-state index < -0.39 is 21.2 Å². The van der Waals surface area contributed by atoms with E-state index in [1.54, 1.807) is 24.4 Å². The lowest BCUT2D eigenvalue weighted by molar-refractivity contribution is 0.00367. The number of rotatable bonds is 9. The second-order valence-corrected chi connectivity index (χ2v) is 15.0. The number of ether oxygens (including phenoxy) is 2. The van der Waals surface area contributed by atoms with Crippen LogP contribution in [-0.2, 0) is 26.1 Å². The van der Waals surface area contributed by atoms with Crippen molar-refractivity contribution >= 4 is 44.8 Å². The van der Waals surface area contributed by atoms with Crippen molar-refractivity contribution in [2.45, 2.75) is 81.4 Å². The van der Waals surface area contributed by atoms with Crippen molar-refractivity contribution in [2.75, 3.05) is 18.1 Å². The fraction of sp³-hybridized carbons (Fsp3) is 0.516. The van der Waals surface area contributed by atoms with Gasteiger partial charge in [0.2, 0.25) is 10.0 Å². The lowest BCUT2D eigenvalue weighted by Gasteiger charge is -2.38. The Kier molecular flexibility index (Phi) is 8.11. The van der Waals surface area contributed by atoms with Gasteiger partial charge in [0.15, 0.2) is 0 Å². The number of nitrogens with zero attached hydrogens (tertiary/aromatic N) is 3. The van der Waals surface area contributed by atoms with E-state index in [1.807, 2.05) is 12.1 Å². The molecule has 1 N–H and O–H groups in total. The van der Waals surface area contributed by atoms with Gasteiger partial charge in [-0.1, -0.05) is 34.4 Å². The van der Waals surface area contributed by atoms with E-state index in [-0.39, 0.29) is 23.9 Å². The Hall–Kier alpha value is -2.70. The van der Waals surface area contributed by atoms with Crippen LogP contribution in [0.3, 0.4) is 0 Å². The van der Waals surface area contributed by atoms with E-state index in [0.717, 1.165) is 42.7 Å². The minimum atomic E-state index is -3.79. The predicted octanol–water partition coefficient (Wildman–Crippen LogP) is 5.73. The summed E-state index contributed by atoms with van der Waals surface area (Å²) in [7, 11) is -3.79. The molecule has 10 nitrogen and oxygen atoms in total. The molecule has 2 aliphatic carbocycles. The van der Waals surface area contributed by atoms with Crippen LogP contribution in [0.4, 0.5) is 5.69 Å². The highest BCUT2D eigenvalue weighted by molar-refractivity contribution is 7.90. The number of fused-ring (bicyclic) bond motifs is 2. The molecule has 0 spiro atoms. The Morgan fingerprint density at radius 3 is 2.50 bits per heavy atom. The summed E-state index contributed by atoms with van der Waals surface area (Å²) in [6.07, 6.45) is 6.43. The normalized spacial score (nSPS) is 25.5. The second kappa shape index (κ2) is 11.9. The Balaban J connectivity index is 1.01. The van der Waals surface area contributed by atoms with Gasteiger partial charge < -0.3 is 18.9 Å². The largest absolute Gasteiger partial charge is 0.381 e. The number of carbonyl (C=O) groups excluding carboxylic acids is 1. The second-order valence-electron chi connectivity index (χ2n) is 12.2. The number of pyridine rings is 1. The smallest absolute Gasteiger partial charge is 0.283 e. The number of amides is 1. The molecule has 7 rings (SSSR count). The van der Waals surface area contributed by atoms with Gasteiger partial charge in [-0.3, -0.25) is 4.79 Å². The van der Waals surface area contributed by atoms with Crippen molar-refractivity contribution in [3.63, 3.8) is 0 Å². The first kappa shape index (κ1) is 30.0. The number of sulfonamides is 1. The van der Waals surface area contributed by atoms with Crippen LogP contribution in [0.1, 0.15) is 73.2 Å². The molecule has 4 atom stereocenters. The lowest BCUT2D eigenvalue weighted by Crippen LogP contribution is -2.45. The number of nitrogens with one attached hydrogen (secondary N) is 1. The van der Waals surface area contributed by atoms with Crippen LogP contribution in [0.5, 0.6) is 0 Å². The average molecular weight is 662 g/mol. The van der Waals surface area contributed by atoms with E-state index >= 15 is 0 Å². The fourth-order valence-electron chi connectivity index (χ4n) is 7.08. The Labute approximate surface area is 266 Å². The number of anilines is 1. The molecule has 4 fully saturated rings. The first-order chi connectivity index (χ1) is 21.2. The van der Waals surface area contributed by atoms with Crippen LogP contribution in [0.25, 0.3) is 11.3 Å². The summed E-state index contributed by atoms with van der Waals surface area (Å²) in [5.74, 6) is 0.808. The molecule has 0 unspecified atom stereocenters. The van der Waals surface area contributed by atoms with Gasteiger partial charge in [0.1, 0.15) is 17.1 Å². The van der Waals surface area contributed by atoms with E-state index in [2.05, 4.69) is 26.7 Å². The quantitative estimate of drug-likeness (QED) is 0.306. The minimum absolute atomic E-state index is 0.0659. The number of carbonyl (C=O) groups is 1. The monoisotopic (exact) mass is 660 g/mol. The third kappa shape index (κ3) is 5.62. The summed E-state index contributed by atoms with van der Waals surface area (Å²) in [6.45, 7) is 3.30. The van der Waals surface area contributed by atoms with Gasteiger partial charge in [-0.2, -0.15) is 0 Å². The van der Waals surface area contributed by atoms with E-state index in [4.69, 9.17) is 37.2 Å². The first-order valence-corrected chi connectivity index (χ1v) is 17.4. The molecule has 2 aliphatic heterocycles. The van der Waals surface area contributed by atoms with E-state index in [1.165, 1.54) is 0 Å². The lowest BCUT2D eigenvalue weighted by atomic mass is 9.96. The summed E-state index contributed by atoms with van der Waals surface area (Å²) >= 11 is 13.1. The molecule has 13 heteroatoms. The van der Waals surface area contributed by atoms with E-state index in [9.17, 15) is 13.2 Å². The highest BCUT2D eigenvalue weighted by atomic mass is 35.5. The molecule has 1 amide bonds. The Morgan fingerprint density at radius 1 is 1.09 bits per heavy atom. The zero-order valence-corrected chi connectivity index (χ0v) is 26.6. The van der Waals surface area contributed by atoms with Crippen LogP contribution in [-0.4, -0.2) is 61.1 Å². The SMILES string of the molecule is C[C@H]1[C@H]2C[C@H](C[C@@H]2OCc2c(-c3c(Cl)cccc3Cl)noc2C2CC2)N1c1ccc(C(=O)NS(=O)(=O)C2CCOCC2)nc1. The molecule has 2 bridgehead atoms. The van der Waals surface area contributed by atoms with Gasteiger partial charge in [-0.05, 0) is 69.7 Å². The maximum absolute atomic E-state index is 12.7. The number of piperidine rings is 1. The molecule has 1 aromatic carbocycles. The van der Waals surface area contributed by atoms with Crippen molar-refractivity contribution in [2.24, 2.45) is 5.92 Å². The highest BCUT2D eigenvalue weighted by Gasteiger charge is 2.50. The summed E-state index contributed by atoms with van der Waals surface area (Å²) in [5, 5.41) is 4.80. The number of aromatic nitrogens is 2.